The second kappa shape index (κ2) is 2.59. The van der Waals surface area contributed by atoms with E-state index in [0.29, 0.717) is 11.7 Å². The van der Waals surface area contributed by atoms with Crippen molar-refractivity contribution in [1.82, 2.24) is 4.90 Å². The van der Waals surface area contributed by atoms with Crippen molar-refractivity contribution in [3.05, 3.63) is 29.8 Å². The number of anilines is 1. The molecule has 0 radical (unpaired) electrons. The lowest BCUT2D eigenvalue weighted by Crippen LogP contribution is -2.35. The van der Waals surface area contributed by atoms with E-state index < -0.39 is 0 Å². The molecule has 1 unspecified atom stereocenters. The van der Waals surface area contributed by atoms with E-state index in [-0.39, 0.29) is 6.17 Å². The first kappa shape index (κ1) is 8.47. The molecule has 2 aliphatic rings. The molecule has 0 spiro atoms. The minimum absolute atomic E-state index is 0.141. The zero-order chi connectivity index (χ0) is 10.6. The van der Waals surface area contributed by atoms with Crippen molar-refractivity contribution in [2.24, 2.45) is 0 Å². The lowest BCUT2D eigenvalue weighted by molar-refractivity contribution is 0.409. The summed E-state index contributed by atoms with van der Waals surface area (Å²) < 4.78 is 0. The van der Waals surface area contributed by atoms with Crippen LogP contribution in [0.25, 0.3) is 0 Å². The van der Waals surface area contributed by atoms with Crippen LogP contribution in [0, 0.1) is 10.8 Å². The second-order valence-corrected chi connectivity index (χ2v) is 3.99. The van der Waals surface area contributed by atoms with Gasteiger partial charge in [0.05, 0.1) is 0 Å². The first-order chi connectivity index (χ1) is 7.20. The van der Waals surface area contributed by atoms with Crippen LogP contribution in [-0.4, -0.2) is 29.8 Å². The first-order valence-corrected chi connectivity index (χ1v) is 4.97. The van der Waals surface area contributed by atoms with Gasteiger partial charge in [0.15, 0.2) is 11.7 Å². The Labute approximate surface area is 88.1 Å². The Hall–Kier alpha value is -1.84. The van der Waals surface area contributed by atoms with E-state index in [1.165, 1.54) is 5.56 Å². The highest BCUT2D eigenvalue weighted by atomic mass is 15.5. The summed E-state index contributed by atoms with van der Waals surface area (Å²) in [4.78, 5) is 3.81. The Morgan fingerprint density at radius 2 is 1.93 bits per heavy atom. The van der Waals surface area contributed by atoms with Crippen LogP contribution < -0.4 is 4.90 Å². The third kappa shape index (κ3) is 0.909. The third-order valence-corrected chi connectivity index (χ3v) is 3.22. The van der Waals surface area contributed by atoms with Gasteiger partial charge in [-0.15, -0.1) is 0 Å². The zero-order valence-corrected chi connectivity index (χ0v) is 8.49. The molecule has 1 fully saturated rings. The van der Waals surface area contributed by atoms with Gasteiger partial charge >= 0.3 is 0 Å². The van der Waals surface area contributed by atoms with E-state index in [4.69, 9.17) is 10.8 Å². The summed E-state index contributed by atoms with van der Waals surface area (Å²) in [7, 11) is 1.88. The number of likely N-dealkylation sites (N-methyl/N-ethyl adjacent to an activating group) is 1. The average molecular weight is 200 g/mol. The van der Waals surface area contributed by atoms with Crippen molar-refractivity contribution in [2.45, 2.75) is 12.6 Å². The van der Waals surface area contributed by atoms with Gasteiger partial charge in [-0.2, -0.15) is 0 Å². The molecule has 1 aromatic carbocycles. The highest BCUT2D eigenvalue weighted by Gasteiger charge is 2.43. The first-order valence-electron chi connectivity index (χ1n) is 4.97. The van der Waals surface area contributed by atoms with Gasteiger partial charge in [0.25, 0.3) is 0 Å². The summed E-state index contributed by atoms with van der Waals surface area (Å²) in [6.45, 7) is 0. The smallest absolute Gasteiger partial charge is 0.170 e. The van der Waals surface area contributed by atoms with E-state index in [1.54, 1.807) is 0 Å². The lowest BCUT2D eigenvalue weighted by atomic mass is 10.1. The Balaban J connectivity index is 2.14. The van der Waals surface area contributed by atoms with E-state index in [1.807, 2.05) is 35.0 Å². The van der Waals surface area contributed by atoms with E-state index in [2.05, 4.69) is 6.07 Å². The molecule has 2 heterocycles. The molecule has 0 saturated carbocycles. The minimum atomic E-state index is 0.141. The SMILES string of the molecule is CN1C(=N)C(=N)N2c3ccccc3CC12. The van der Waals surface area contributed by atoms with Crippen LogP contribution in [0.3, 0.4) is 0 Å². The van der Waals surface area contributed by atoms with Crippen LogP contribution in [0.5, 0.6) is 0 Å². The van der Waals surface area contributed by atoms with Crippen molar-refractivity contribution < 1.29 is 0 Å². The number of fused-ring (bicyclic) bond motifs is 3. The summed E-state index contributed by atoms with van der Waals surface area (Å²) in [6, 6.07) is 8.13. The average Bonchev–Trinajstić information content (AvgIpc) is 2.72. The maximum absolute atomic E-state index is 7.90. The largest absolute Gasteiger partial charge is 0.336 e. The Morgan fingerprint density at radius 3 is 2.73 bits per heavy atom. The molecule has 2 aliphatic heterocycles. The molecule has 2 N–H and O–H groups in total. The fourth-order valence-corrected chi connectivity index (χ4v) is 2.38. The van der Waals surface area contributed by atoms with Gasteiger partial charge in [-0.1, -0.05) is 18.2 Å². The Kier molecular flexibility index (Phi) is 1.46. The number of hydrogen-bond donors (Lipinski definition) is 2. The standard InChI is InChI=1S/C11H12N4/c1-14-9-6-7-4-2-3-5-8(7)15(9)11(13)10(14)12/h2-5,9,12-13H,6H2,1H3. The number of benzene rings is 1. The third-order valence-electron chi connectivity index (χ3n) is 3.22. The number of hydrogen-bond acceptors (Lipinski definition) is 2. The van der Waals surface area contributed by atoms with Crippen LogP contribution in [0.4, 0.5) is 5.69 Å². The molecule has 15 heavy (non-hydrogen) atoms. The van der Waals surface area contributed by atoms with Crippen LogP contribution in [-0.2, 0) is 6.42 Å². The van der Waals surface area contributed by atoms with Gasteiger partial charge in [0.2, 0.25) is 0 Å². The molecule has 4 nitrogen and oxygen atoms in total. The van der Waals surface area contributed by atoms with Gasteiger partial charge in [0.1, 0.15) is 6.17 Å². The summed E-state index contributed by atoms with van der Waals surface area (Å²) in [5.41, 5.74) is 2.35. The Bertz CT molecular complexity index is 465. The fraction of sp³-hybridized carbons (Fsp3) is 0.273. The number of amidine groups is 2. The monoisotopic (exact) mass is 200 g/mol. The zero-order valence-electron chi connectivity index (χ0n) is 8.49. The molecule has 76 valence electrons. The number of para-hydroxylation sites is 1. The summed E-state index contributed by atoms with van der Waals surface area (Å²) >= 11 is 0. The van der Waals surface area contributed by atoms with Gasteiger partial charge < -0.3 is 9.80 Å². The maximum Gasteiger partial charge on any atom is 0.170 e. The van der Waals surface area contributed by atoms with Crippen molar-refractivity contribution in [2.75, 3.05) is 11.9 Å². The predicted octanol–water partition coefficient (Wildman–Crippen LogP) is 1.28. The molecule has 0 aromatic heterocycles. The molecule has 0 aliphatic carbocycles. The van der Waals surface area contributed by atoms with Crippen molar-refractivity contribution >= 4 is 17.4 Å². The predicted molar refractivity (Wildman–Crippen MR) is 59.6 cm³/mol. The Morgan fingerprint density at radius 1 is 1.20 bits per heavy atom. The van der Waals surface area contributed by atoms with Crippen molar-refractivity contribution in [3.63, 3.8) is 0 Å². The van der Waals surface area contributed by atoms with Gasteiger partial charge in [-0.3, -0.25) is 10.8 Å². The van der Waals surface area contributed by atoms with E-state index in [0.717, 1.165) is 12.1 Å². The number of nitrogens with one attached hydrogen (secondary N) is 2. The highest BCUT2D eigenvalue weighted by molar-refractivity contribution is 6.45. The van der Waals surface area contributed by atoms with Crippen LogP contribution in [0.2, 0.25) is 0 Å². The van der Waals surface area contributed by atoms with Crippen LogP contribution >= 0.6 is 0 Å². The van der Waals surface area contributed by atoms with Gasteiger partial charge in [-0.25, -0.2) is 0 Å². The lowest BCUT2D eigenvalue weighted by Gasteiger charge is -2.20. The van der Waals surface area contributed by atoms with E-state index in [9.17, 15) is 0 Å². The molecule has 3 rings (SSSR count). The summed E-state index contributed by atoms with van der Waals surface area (Å²) in [6.07, 6.45) is 1.04. The minimum Gasteiger partial charge on any atom is -0.336 e. The van der Waals surface area contributed by atoms with Crippen LogP contribution in [0.1, 0.15) is 5.56 Å². The van der Waals surface area contributed by atoms with Gasteiger partial charge in [0, 0.05) is 19.2 Å². The highest BCUT2D eigenvalue weighted by Crippen LogP contribution is 2.36. The van der Waals surface area contributed by atoms with E-state index >= 15 is 0 Å². The number of rotatable bonds is 0. The molecule has 0 amide bonds. The number of nitrogens with zero attached hydrogens (tertiary/aromatic N) is 2. The summed E-state index contributed by atoms with van der Waals surface area (Å²) in [5.74, 6) is 0.627. The molecular weight excluding hydrogens is 188 g/mol. The van der Waals surface area contributed by atoms with Gasteiger partial charge in [-0.05, 0) is 11.6 Å². The molecule has 0 bridgehead atoms. The molecular formula is C11H12N4. The van der Waals surface area contributed by atoms with Crippen LogP contribution in [0.15, 0.2) is 24.3 Å². The molecule has 1 aromatic rings. The molecule has 1 saturated heterocycles. The molecule has 1 atom stereocenters. The summed E-state index contributed by atoms with van der Waals surface area (Å²) in [5, 5.41) is 15.7. The fourth-order valence-electron chi connectivity index (χ4n) is 2.38. The quantitative estimate of drug-likeness (QED) is 0.662. The molecule has 4 heteroatoms. The topological polar surface area (TPSA) is 54.2 Å². The van der Waals surface area contributed by atoms with Crippen molar-refractivity contribution in [3.8, 4) is 0 Å². The maximum atomic E-state index is 7.90. The van der Waals surface area contributed by atoms with Crippen molar-refractivity contribution in [1.29, 1.82) is 10.8 Å². The second-order valence-electron chi connectivity index (χ2n) is 3.99. The normalized spacial score (nSPS) is 23.4.